The summed E-state index contributed by atoms with van der Waals surface area (Å²) >= 11 is 0. The number of ether oxygens (including phenoxy) is 1. The Bertz CT molecular complexity index is 357. The summed E-state index contributed by atoms with van der Waals surface area (Å²) in [5.41, 5.74) is 0.689. The van der Waals surface area contributed by atoms with E-state index in [0.29, 0.717) is 17.9 Å². The summed E-state index contributed by atoms with van der Waals surface area (Å²) in [7, 11) is 1.87. The van der Waals surface area contributed by atoms with Gasteiger partial charge in [0.1, 0.15) is 11.6 Å². The molecule has 0 aromatic heterocycles. The second kappa shape index (κ2) is 5.56. The summed E-state index contributed by atoms with van der Waals surface area (Å²) in [5.74, 6) is -0.610. The van der Waals surface area contributed by atoms with Crippen molar-refractivity contribution in [3.63, 3.8) is 0 Å². The topological polar surface area (TPSA) is 21.3 Å². The maximum atomic E-state index is 13.1. The quantitative estimate of drug-likeness (QED) is 0.872. The first-order valence-corrected chi connectivity index (χ1v) is 5.89. The van der Waals surface area contributed by atoms with Gasteiger partial charge in [0.25, 0.3) is 0 Å². The first-order chi connectivity index (χ1) is 8.19. The first kappa shape index (κ1) is 12.5. The SMILES string of the molecule is CNC(Cc1cc(F)cc(F)c1)C1CCOC1. The minimum absolute atomic E-state index is 0.207. The Morgan fingerprint density at radius 2 is 2.06 bits per heavy atom. The Kier molecular flexibility index (Phi) is 4.07. The molecular formula is C13H17F2NO. The van der Waals surface area contributed by atoms with Crippen LogP contribution in [0.4, 0.5) is 8.78 Å². The molecule has 94 valence electrons. The second-order valence-electron chi connectivity index (χ2n) is 4.50. The van der Waals surface area contributed by atoms with E-state index in [1.165, 1.54) is 12.1 Å². The van der Waals surface area contributed by atoms with Gasteiger partial charge in [-0.2, -0.15) is 0 Å². The van der Waals surface area contributed by atoms with Gasteiger partial charge in [0, 0.05) is 24.6 Å². The van der Waals surface area contributed by atoms with Gasteiger partial charge in [0.2, 0.25) is 0 Å². The molecule has 2 atom stereocenters. The Morgan fingerprint density at radius 3 is 2.59 bits per heavy atom. The van der Waals surface area contributed by atoms with Crippen molar-refractivity contribution in [3.8, 4) is 0 Å². The first-order valence-electron chi connectivity index (χ1n) is 5.89. The molecule has 17 heavy (non-hydrogen) atoms. The van der Waals surface area contributed by atoms with E-state index in [0.717, 1.165) is 25.7 Å². The fraction of sp³-hybridized carbons (Fsp3) is 0.538. The lowest BCUT2D eigenvalue weighted by Crippen LogP contribution is -2.35. The van der Waals surface area contributed by atoms with Gasteiger partial charge < -0.3 is 10.1 Å². The van der Waals surface area contributed by atoms with Crippen molar-refractivity contribution in [1.82, 2.24) is 5.32 Å². The number of rotatable bonds is 4. The largest absolute Gasteiger partial charge is 0.381 e. The van der Waals surface area contributed by atoms with E-state index in [2.05, 4.69) is 5.32 Å². The summed E-state index contributed by atoms with van der Waals surface area (Å²) in [5, 5.41) is 3.21. The Hall–Kier alpha value is -1.00. The maximum absolute atomic E-state index is 13.1. The zero-order valence-electron chi connectivity index (χ0n) is 9.88. The zero-order valence-corrected chi connectivity index (χ0v) is 9.88. The molecule has 1 fully saturated rings. The van der Waals surface area contributed by atoms with Crippen LogP contribution < -0.4 is 5.32 Å². The van der Waals surface area contributed by atoms with Crippen LogP contribution in [0.1, 0.15) is 12.0 Å². The molecule has 2 rings (SSSR count). The van der Waals surface area contributed by atoms with Gasteiger partial charge in [-0.3, -0.25) is 0 Å². The van der Waals surface area contributed by atoms with Crippen molar-refractivity contribution >= 4 is 0 Å². The highest BCUT2D eigenvalue weighted by atomic mass is 19.1. The standard InChI is InChI=1S/C13H17F2NO/c1-16-13(10-2-3-17-8-10)6-9-4-11(14)7-12(15)5-9/h4-5,7,10,13,16H,2-3,6,8H2,1H3. The molecule has 2 nitrogen and oxygen atoms in total. The molecule has 2 unspecified atom stereocenters. The molecule has 1 aliphatic rings. The summed E-state index contributed by atoms with van der Waals surface area (Å²) in [6.45, 7) is 1.50. The molecule has 1 aromatic rings. The van der Waals surface area contributed by atoms with Crippen LogP contribution in [-0.2, 0) is 11.2 Å². The molecular weight excluding hydrogens is 224 g/mol. The van der Waals surface area contributed by atoms with E-state index in [4.69, 9.17) is 4.74 Å². The number of hydrogen-bond acceptors (Lipinski definition) is 2. The molecule has 1 heterocycles. The van der Waals surface area contributed by atoms with Crippen molar-refractivity contribution in [1.29, 1.82) is 0 Å². The van der Waals surface area contributed by atoms with E-state index >= 15 is 0 Å². The van der Waals surface area contributed by atoms with Gasteiger partial charge in [-0.1, -0.05) is 0 Å². The van der Waals surface area contributed by atoms with Gasteiger partial charge in [-0.05, 0) is 37.6 Å². The highest BCUT2D eigenvalue weighted by Gasteiger charge is 2.24. The van der Waals surface area contributed by atoms with Gasteiger partial charge in [0.15, 0.2) is 0 Å². The number of nitrogens with one attached hydrogen (secondary N) is 1. The van der Waals surface area contributed by atoms with Crippen LogP contribution in [0.25, 0.3) is 0 Å². The lowest BCUT2D eigenvalue weighted by atomic mass is 9.93. The van der Waals surface area contributed by atoms with Crippen LogP contribution in [0.15, 0.2) is 18.2 Å². The minimum atomic E-state index is -0.516. The minimum Gasteiger partial charge on any atom is -0.381 e. The van der Waals surface area contributed by atoms with Crippen LogP contribution in [0.3, 0.4) is 0 Å². The second-order valence-corrected chi connectivity index (χ2v) is 4.50. The normalized spacial score (nSPS) is 21.7. The van der Waals surface area contributed by atoms with Gasteiger partial charge in [-0.15, -0.1) is 0 Å². The lowest BCUT2D eigenvalue weighted by Gasteiger charge is -2.21. The fourth-order valence-electron chi connectivity index (χ4n) is 2.36. The van der Waals surface area contributed by atoms with Gasteiger partial charge in [0.05, 0.1) is 6.61 Å². The third-order valence-corrected chi connectivity index (χ3v) is 3.28. The molecule has 1 aliphatic heterocycles. The number of hydrogen-bond donors (Lipinski definition) is 1. The van der Waals surface area contributed by atoms with E-state index in [9.17, 15) is 8.78 Å². The molecule has 0 bridgehead atoms. The highest BCUT2D eigenvalue weighted by Crippen LogP contribution is 2.20. The van der Waals surface area contributed by atoms with E-state index in [1.807, 2.05) is 7.05 Å². The van der Waals surface area contributed by atoms with Crippen molar-refractivity contribution in [2.24, 2.45) is 5.92 Å². The monoisotopic (exact) mass is 241 g/mol. The fourth-order valence-corrected chi connectivity index (χ4v) is 2.36. The van der Waals surface area contributed by atoms with Crippen molar-refractivity contribution in [2.75, 3.05) is 20.3 Å². The number of benzene rings is 1. The molecule has 0 amide bonds. The highest BCUT2D eigenvalue weighted by molar-refractivity contribution is 5.19. The molecule has 1 saturated heterocycles. The van der Waals surface area contributed by atoms with Crippen molar-refractivity contribution in [2.45, 2.75) is 18.9 Å². The molecule has 0 saturated carbocycles. The van der Waals surface area contributed by atoms with Crippen LogP contribution in [-0.4, -0.2) is 26.3 Å². The van der Waals surface area contributed by atoms with Crippen LogP contribution in [0.2, 0.25) is 0 Å². The van der Waals surface area contributed by atoms with E-state index in [1.54, 1.807) is 0 Å². The average Bonchev–Trinajstić information content (AvgIpc) is 2.77. The van der Waals surface area contributed by atoms with E-state index in [-0.39, 0.29) is 6.04 Å². The Balaban J connectivity index is 2.06. The van der Waals surface area contributed by atoms with Crippen LogP contribution in [0.5, 0.6) is 0 Å². The lowest BCUT2D eigenvalue weighted by molar-refractivity contribution is 0.177. The molecule has 0 aliphatic carbocycles. The molecule has 1 N–H and O–H groups in total. The molecule has 4 heteroatoms. The summed E-state index contributed by atoms with van der Waals surface area (Å²) in [6, 6.07) is 3.89. The third kappa shape index (κ3) is 3.23. The zero-order chi connectivity index (χ0) is 12.3. The molecule has 0 radical (unpaired) electrons. The Labute approximate surface area is 100.0 Å². The van der Waals surface area contributed by atoms with Crippen molar-refractivity contribution < 1.29 is 13.5 Å². The molecule has 0 spiro atoms. The summed E-state index contributed by atoms with van der Waals surface area (Å²) in [6.07, 6.45) is 1.63. The van der Waals surface area contributed by atoms with Gasteiger partial charge >= 0.3 is 0 Å². The van der Waals surface area contributed by atoms with Crippen molar-refractivity contribution in [3.05, 3.63) is 35.4 Å². The summed E-state index contributed by atoms with van der Waals surface area (Å²) in [4.78, 5) is 0. The van der Waals surface area contributed by atoms with Crippen LogP contribution in [0, 0.1) is 17.6 Å². The third-order valence-electron chi connectivity index (χ3n) is 3.28. The maximum Gasteiger partial charge on any atom is 0.126 e. The van der Waals surface area contributed by atoms with Crippen LogP contribution >= 0.6 is 0 Å². The smallest absolute Gasteiger partial charge is 0.126 e. The molecule has 1 aromatic carbocycles. The number of halogens is 2. The predicted octanol–water partition coefficient (Wildman–Crippen LogP) is 2.13. The average molecular weight is 241 g/mol. The number of likely N-dealkylation sites (N-methyl/N-ethyl adjacent to an activating group) is 1. The Morgan fingerprint density at radius 1 is 1.35 bits per heavy atom. The van der Waals surface area contributed by atoms with Gasteiger partial charge in [-0.25, -0.2) is 8.78 Å². The van der Waals surface area contributed by atoms with E-state index < -0.39 is 11.6 Å². The predicted molar refractivity (Wildman–Crippen MR) is 61.8 cm³/mol. The summed E-state index contributed by atoms with van der Waals surface area (Å²) < 4.78 is 31.5.